The second-order valence-corrected chi connectivity index (χ2v) is 7.61. The molecule has 0 unspecified atom stereocenters. The summed E-state index contributed by atoms with van der Waals surface area (Å²) in [5.74, 6) is 0.344. The molecule has 4 aromatic carbocycles. The van der Waals surface area contributed by atoms with Crippen molar-refractivity contribution in [1.29, 1.82) is 0 Å². The molecule has 0 aliphatic carbocycles. The van der Waals surface area contributed by atoms with Gasteiger partial charge in [-0.15, -0.1) is 10.2 Å². The van der Waals surface area contributed by atoms with Crippen LogP contribution in [0.5, 0.6) is 0 Å². The van der Waals surface area contributed by atoms with Crippen molar-refractivity contribution in [3.05, 3.63) is 83.9 Å². The molecule has 0 spiro atoms. The molecule has 0 saturated carbocycles. The molecule has 0 bridgehead atoms. The van der Waals surface area contributed by atoms with Crippen molar-refractivity contribution in [2.24, 2.45) is 5.10 Å². The van der Waals surface area contributed by atoms with Crippen LogP contribution in [-0.2, 0) is 0 Å². The minimum atomic E-state index is 0.344. The van der Waals surface area contributed by atoms with E-state index in [-0.39, 0.29) is 0 Å². The van der Waals surface area contributed by atoms with E-state index in [1.165, 1.54) is 16.3 Å². The number of hydrazone groups is 1. The zero-order chi connectivity index (χ0) is 20.8. The maximum atomic E-state index is 4.54. The molecule has 2 N–H and O–H groups in total. The zero-order valence-electron chi connectivity index (χ0n) is 16.8. The average molecular weight is 402 g/mol. The lowest BCUT2D eigenvalue weighted by Gasteiger charge is -2.07. The fourth-order valence-electron chi connectivity index (χ4n) is 4.08. The number of aromatic amines is 1. The summed E-state index contributed by atoms with van der Waals surface area (Å²) < 4.78 is 0. The molecule has 2 aromatic heterocycles. The molecule has 0 atom stereocenters. The van der Waals surface area contributed by atoms with E-state index >= 15 is 0 Å². The summed E-state index contributed by atoms with van der Waals surface area (Å²) >= 11 is 0. The number of hydrogen-bond acceptors (Lipinski definition) is 5. The van der Waals surface area contributed by atoms with Crippen LogP contribution >= 0.6 is 0 Å². The van der Waals surface area contributed by atoms with Crippen molar-refractivity contribution < 1.29 is 0 Å². The fourth-order valence-corrected chi connectivity index (χ4v) is 4.08. The third kappa shape index (κ3) is 2.97. The van der Waals surface area contributed by atoms with Gasteiger partial charge in [-0.05, 0) is 46.7 Å². The van der Waals surface area contributed by atoms with Crippen molar-refractivity contribution in [3.8, 4) is 0 Å². The normalized spacial score (nSPS) is 11.9. The van der Waals surface area contributed by atoms with Crippen molar-refractivity contribution >= 4 is 55.8 Å². The number of nitrogens with one attached hydrogen (secondary N) is 2. The van der Waals surface area contributed by atoms with Crippen LogP contribution in [0.3, 0.4) is 0 Å². The molecule has 0 amide bonds. The summed E-state index contributed by atoms with van der Waals surface area (Å²) in [6.45, 7) is 2.06. The summed E-state index contributed by atoms with van der Waals surface area (Å²) in [4.78, 5) is 7.84. The summed E-state index contributed by atoms with van der Waals surface area (Å²) in [5, 5.41) is 18.7. The lowest BCUT2D eigenvalue weighted by atomic mass is 9.97. The van der Waals surface area contributed by atoms with E-state index in [0.29, 0.717) is 11.6 Å². The van der Waals surface area contributed by atoms with Crippen molar-refractivity contribution in [2.75, 3.05) is 5.43 Å². The Balaban J connectivity index is 1.39. The summed E-state index contributed by atoms with van der Waals surface area (Å²) in [6, 6.07) is 25.0. The third-order valence-electron chi connectivity index (χ3n) is 5.54. The van der Waals surface area contributed by atoms with Gasteiger partial charge in [0.05, 0.1) is 6.21 Å². The van der Waals surface area contributed by atoms with Gasteiger partial charge in [0.15, 0.2) is 5.65 Å². The highest BCUT2D eigenvalue weighted by atomic mass is 15.4. The van der Waals surface area contributed by atoms with Crippen LogP contribution in [0.25, 0.3) is 43.6 Å². The van der Waals surface area contributed by atoms with Gasteiger partial charge in [-0.3, -0.25) is 0 Å². The molecule has 6 nitrogen and oxygen atoms in total. The van der Waals surface area contributed by atoms with E-state index in [0.717, 1.165) is 32.8 Å². The fraction of sp³-hybridized carbons (Fsp3) is 0.0400. The molecule has 6 rings (SSSR count). The topological polar surface area (TPSA) is 78.9 Å². The minimum absolute atomic E-state index is 0.344. The Kier molecular flexibility index (Phi) is 3.89. The second-order valence-electron chi connectivity index (χ2n) is 7.61. The molecular formula is C25H18N6. The van der Waals surface area contributed by atoms with E-state index in [1.54, 1.807) is 0 Å². The van der Waals surface area contributed by atoms with Crippen LogP contribution < -0.4 is 5.43 Å². The number of nitrogens with zero attached hydrogens (tertiary/aromatic N) is 4. The standard InChI is InChI=1S/C25H18N6/c1-15-10-11-22-20(12-15)23-24(27-22)28-25(31-29-23)30-26-14-21-18-8-4-2-6-16(18)13-17-7-3-5-9-19(17)21/h2-14H,1H3,(H2,27,28,30,31)/b26-14-. The van der Waals surface area contributed by atoms with Gasteiger partial charge >= 0.3 is 0 Å². The van der Waals surface area contributed by atoms with Crippen LogP contribution in [0.1, 0.15) is 11.1 Å². The first-order valence-corrected chi connectivity index (χ1v) is 10.1. The van der Waals surface area contributed by atoms with E-state index < -0.39 is 0 Å². The third-order valence-corrected chi connectivity index (χ3v) is 5.54. The molecule has 148 valence electrons. The molecular weight excluding hydrogens is 384 g/mol. The van der Waals surface area contributed by atoms with Gasteiger partial charge in [-0.2, -0.15) is 10.1 Å². The largest absolute Gasteiger partial charge is 0.338 e. The van der Waals surface area contributed by atoms with E-state index in [4.69, 9.17) is 0 Å². The van der Waals surface area contributed by atoms with Gasteiger partial charge in [0.25, 0.3) is 5.95 Å². The molecule has 31 heavy (non-hydrogen) atoms. The number of aromatic nitrogens is 4. The van der Waals surface area contributed by atoms with E-state index in [2.05, 4.69) is 80.1 Å². The maximum Gasteiger partial charge on any atom is 0.265 e. The van der Waals surface area contributed by atoms with Crippen LogP contribution in [-0.4, -0.2) is 26.4 Å². The lowest BCUT2D eigenvalue weighted by molar-refractivity contribution is 1.01. The molecule has 0 radical (unpaired) electrons. The predicted octanol–water partition coefficient (Wildman–Crippen LogP) is 5.57. The second kappa shape index (κ2) is 6.88. The number of H-pyrrole nitrogens is 1. The molecule has 2 heterocycles. The first-order valence-electron chi connectivity index (χ1n) is 10.1. The molecule has 0 saturated heterocycles. The van der Waals surface area contributed by atoms with Gasteiger partial charge < -0.3 is 4.98 Å². The highest BCUT2D eigenvalue weighted by Gasteiger charge is 2.09. The van der Waals surface area contributed by atoms with Gasteiger partial charge in [0.1, 0.15) is 5.52 Å². The van der Waals surface area contributed by atoms with Crippen LogP contribution in [0, 0.1) is 6.92 Å². The Bertz CT molecular complexity index is 1580. The Labute approximate surface area is 177 Å². The Hall–Kier alpha value is -4.32. The van der Waals surface area contributed by atoms with Crippen molar-refractivity contribution in [2.45, 2.75) is 6.92 Å². The predicted molar refractivity (Wildman–Crippen MR) is 127 cm³/mol. The molecule has 0 aliphatic rings. The summed E-state index contributed by atoms with van der Waals surface area (Å²) in [7, 11) is 0. The number of aryl methyl sites for hydroxylation is 1. The maximum absolute atomic E-state index is 4.54. The first kappa shape index (κ1) is 17.5. The Morgan fingerprint density at radius 2 is 1.58 bits per heavy atom. The number of fused-ring (bicyclic) bond motifs is 5. The van der Waals surface area contributed by atoms with Crippen LogP contribution in [0.2, 0.25) is 0 Å². The van der Waals surface area contributed by atoms with Gasteiger partial charge in [0, 0.05) is 16.5 Å². The zero-order valence-corrected chi connectivity index (χ0v) is 16.8. The number of rotatable bonds is 3. The van der Waals surface area contributed by atoms with Gasteiger partial charge in [-0.1, -0.05) is 60.2 Å². The minimum Gasteiger partial charge on any atom is -0.338 e. The number of benzene rings is 4. The molecule has 0 aliphatic heterocycles. The highest BCUT2D eigenvalue weighted by molar-refractivity contribution is 6.13. The monoisotopic (exact) mass is 402 g/mol. The van der Waals surface area contributed by atoms with Crippen molar-refractivity contribution in [1.82, 2.24) is 20.2 Å². The summed E-state index contributed by atoms with van der Waals surface area (Å²) in [5.41, 5.74) is 7.59. The smallest absolute Gasteiger partial charge is 0.265 e. The van der Waals surface area contributed by atoms with Gasteiger partial charge in [0.2, 0.25) is 0 Å². The van der Waals surface area contributed by atoms with E-state index in [9.17, 15) is 0 Å². The number of anilines is 1. The lowest BCUT2D eigenvalue weighted by Crippen LogP contribution is -1.99. The SMILES string of the molecule is Cc1ccc2[nH]c3nc(N/N=C\c4c5ccccc5cc5ccccc45)nnc3c2c1. The number of hydrogen-bond donors (Lipinski definition) is 2. The quantitative estimate of drug-likeness (QED) is 0.230. The van der Waals surface area contributed by atoms with E-state index in [1.807, 2.05) is 36.5 Å². The average Bonchev–Trinajstić information content (AvgIpc) is 3.15. The molecule has 6 heteroatoms. The molecule has 0 fully saturated rings. The van der Waals surface area contributed by atoms with Crippen LogP contribution in [0.4, 0.5) is 5.95 Å². The Morgan fingerprint density at radius 1 is 0.839 bits per heavy atom. The Morgan fingerprint density at radius 3 is 2.35 bits per heavy atom. The van der Waals surface area contributed by atoms with Gasteiger partial charge in [-0.25, -0.2) is 5.43 Å². The first-order chi connectivity index (χ1) is 15.3. The highest BCUT2D eigenvalue weighted by Crippen LogP contribution is 2.27. The van der Waals surface area contributed by atoms with Crippen molar-refractivity contribution in [3.63, 3.8) is 0 Å². The van der Waals surface area contributed by atoms with Crippen LogP contribution in [0.15, 0.2) is 77.9 Å². The summed E-state index contributed by atoms with van der Waals surface area (Å²) in [6.07, 6.45) is 1.83. The molecule has 6 aromatic rings.